The lowest BCUT2D eigenvalue weighted by molar-refractivity contribution is -0.134. The average Bonchev–Trinajstić information content (AvgIpc) is 2.82. The van der Waals surface area contributed by atoms with Crippen molar-refractivity contribution in [1.82, 2.24) is 10.3 Å². The van der Waals surface area contributed by atoms with Gasteiger partial charge < -0.3 is 4.98 Å². The number of aromatic amines is 1. The Kier molecular flexibility index (Phi) is 2.67. The van der Waals surface area contributed by atoms with E-state index in [2.05, 4.69) is 10.3 Å². The Morgan fingerprint density at radius 2 is 2.11 bits per heavy atom. The Morgan fingerprint density at radius 3 is 2.84 bits per heavy atom. The molecule has 96 valence electrons. The monoisotopic (exact) mass is 256 g/mol. The van der Waals surface area contributed by atoms with Crippen LogP contribution in [0.1, 0.15) is 34.8 Å². The molecular weight excluding hydrogens is 244 g/mol. The third-order valence-electron chi connectivity index (χ3n) is 3.45. The van der Waals surface area contributed by atoms with Gasteiger partial charge in [-0.05, 0) is 18.1 Å². The number of rotatable bonds is 2. The molecule has 3 rings (SSSR count). The van der Waals surface area contributed by atoms with Crippen LogP contribution < -0.4 is 5.32 Å². The Hall–Kier alpha value is -2.43. The fraction of sp³-hybridized carbons (Fsp3) is 0.214. The number of piperidine rings is 1. The molecule has 1 unspecified atom stereocenters. The average molecular weight is 256 g/mol. The van der Waals surface area contributed by atoms with Crippen LogP contribution in [-0.2, 0) is 9.59 Å². The molecular formula is C14H12N2O3. The summed E-state index contributed by atoms with van der Waals surface area (Å²) in [5, 5.41) is 3.24. The molecule has 2 amide bonds. The van der Waals surface area contributed by atoms with E-state index in [1.54, 1.807) is 6.07 Å². The topological polar surface area (TPSA) is 79.0 Å². The number of aromatic nitrogens is 1. The maximum Gasteiger partial charge on any atom is 0.234 e. The second kappa shape index (κ2) is 4.35. The second-order valence-electron chi connectivity index (χ2n) is 4.66. The van der Waals surface area contributed by atoms with Crippen LogP contribution in [0.15, 0.2) is 24.3 Å². The van der Waals surface area contributed by atoms with Crippen molar-refractivity contribution in [3.8, 4) is 0 Å². The minimum atomic E-state index is -0.348. The van der Waals surface area contributed by atoms with E-state index in [-0.39, 0.29) is 17.7 Å². The molecule has 1 atom stereocenters. The van der Waals surface area contributed by atoms with E-state index in [9.17, 15) is 14.4 Å². The third kappa shape index (κ3) is 1.93. The van der Waals surface area contributed by atoms with Crippen molar-refractivity contribution in [2.24, 2.45) is 0 Å². The Labute approximate surface area is 109 Å². The van der Waals surface area contributed by atoms with E-state index in [1.165, 1.54) is 0 Å². The predicted octanol–water partition coefficient (Wildman–Crippen LogP) is 1.50. The van der Waals surface area contributed by atoms with Gasteiger partial charge in [0.1, 0.15) is 0 Å². The second-order valence-corrected chi connectivity index (χ2v) is 4.66. The molecule has 5 nitrogen and oxygen atoms in total. The van der Waals surface area contributed by atoms with Crippen molar-refractivity contribution in [1.29, 1.82) is 0 Å². The maximum absolute atomic E-state index is 11.9. The van der Waals surface area contributed by atoms with E-state index in [4.69, 9.17) is 0 Å². The summed E-state index contributed by atoms with van der Waals surface area (Å²) >= 11 is 0. The lowest BCUT2D eigenvalue weighted by atomic mass is 9.89. The molecule has 0 aliphatic carbocycles. The van der Waals surface area contributed by atoms with Gasteiger partial charge in [0.2, 0.25) is 11.8 Å². The first-order valence-corrected chi connectivity index (χ1v) is 6.09. The quantitative estimate of drug-likeness (QED) is 0.631. The maximum atomic E-state index is 11.9. The molecule has 0 spiro atoms. The number of hydrogen-bond acceptors (Lipinski definition) is 3. The highest BCUT2D eigenvalue weighted by molar-refractivity contribution is 6.03. The molecule has 1 fully saturated rings. The van der Waals surface area contributed by atoms with Crippen LogP contribution in [0.25, 0.3) is 10.9 Å². The number of fused-ring (bicyclic) bond motifs is 1. The number of amides is 2. The highest BCUT2D eigenvalue weighted by atomic mass is 16.2. The molecule has 1 aliphatic heterocycles. The van der Waals surface area contributed by atoms with Gasteiger partial charge in [0.15, 0.2) is 6.29 Å². The SMILES string of the molecule is O=Cc1cc2cccc(C3CCC(=O)NC3=O)c2[nH]1. The van der Waals surface area contributed by atoms with Gasteiger partial charge in [0.05, 0.1) is 11.6 Å². The van der Waals surface area contributed by atoms with Gasteiger partial charge in [-0.1, -0.05) is 18.2 Å². The smallest absolute Gasteiger partial charge is 0.234 e. The zero-order valence-corrected chi connectivity index (χ0v) is 10.1. The van der Waals surface area contributed by atoms with Crippen LogP contribution in [-0.4, -0.2) is 23.1 Å². The van der Waals surface area contributed by atoms with Crippen LogP contribution in [0.4, 0.5) is 0 Å². The summed E-state index contributed by atoms with van der Waals surface area (Å²) in [5.74, 6) is -0.848. The molecule has 5 heteroatoms. The van der Waals surface area contributed by atoms with Gasteiger partial charge in [-0.15, -0.1) is 0 Å². The number of para-hydroxylation sites is 1. The van der Waals surface area contributed by atoms with Crippen molar-refractivity contribution in [3.63, 3.8) is 0 Å². The third-order valence-corrected chi connectivity index (χ3v) is 3.45. The van der Waals surface area contributed by atoms with Gasteiger partial charge in [0, 0.05) is 17.3 Å². The number of aldehydes is 1. The summed E-state index contributed by atoms with van der Waals surface area (Å²) in [4.78, 5) is 36.9. The van der Waals surface area contributed by atoms with Crippen molar-refractivity contribution in [2.75, 3.05) is 0 Å². The molecule has 2 N–H and O–H groups in total. The van der Waals surface area contributed by atoms with Crippen LogP contribution >= 0.6 is 0 Å². The molecule has 1 aliphatic rings. The zero-order valence-electron chi connectivity index (χ0n) is 10.1. The number of H-pyrrole nitrogens is 1. The highest BCUT2D eigenvalue weighted by Crippen LogP contribution is 2.30. The number of carbonyl (C=O) groups is 3. The van der Waals surface area contributed by atoms with Crippen molar-refractivity contribution < 1.29 is 14.4 Å². The summed E-state index contributed by atoms with van der Waals surface area (Å²) in [6, 6.07) is 7.34. The van der Waals surface area contributed by atoms with Gasteiger partial charge in [-0.25, -0.2) is 0 Å². The first-order valence-electron chi connectivity index (χ1n) is 6.09. The highest BCUT2D eigenvalue weighted by Gasteiger charge is 2.29. The Balaban J connectivity index is 2.09. The fourth-order valence-electron chi connectivity index (χ4n) is 2.55. The number of imide groups is 1. The number of benzene rings is 1. The van der Waals surface area contributed by atoms with Crippen LogP contribution in [0.2, 0.25) is 0 Å². The lowest BCUT2D eigenvalue weighted by Crippen LogP contribution is -2.39. The Bertz CT molecular complexity index is 687. The molecule has 1 aromatic carbocycles. The summed E-state index contributed by atoms with van der Waals surface area (Å²) in [7, 11) is 0. The minimum Gasteiger partial charge on any atom is -0.352 e. The van der Waals surface area contributed by atoms with E-state index < -0.39 is 0 Å². The summed E-state index contributed by atoms with van der Waals surface area (Å²) in [6.07, 6.45) is 1.58. The summed E-state index contributed by atoms with van der Waals surface area (Å²) < 4.78 is 0. The van der Waals surface area contributed by atoms with Gasteiger partial charge in [-0.3, -0.25) is 19.7 Å². The van der Waals surface area contributed by atoms with E-state index in [0.29, 0.717) is 18.5 Å². The van der Waals surface area contributed by atoms with Gasteiger partial charge in [0.25, 0.3) is 0 Å². The number of carbonyl (C=O) groups excluding carboxylic acids is 3. The minimum absolute atomic E-state index is 0.228. The van der Waals surface area contributed by atoms with Crippen LogP contribution in [0, 0.1) is 0 Å². The summed E-state index contributed by atoms with van der Waals surface area (Å²) in [6.45, 7) is 0. The van der Waals surface area contributed by atoms with Crippen LogP contribution in [0.3, 0.4) is 0 Å². The zero-order chi connectivity index (χ0) is 13.4. The largest absolute Gasteiger partial charge is 0.352 e. The van der Waals surface area contributed by atoms with Crippen molar-refractivity contribution in [3.05, 3.63) is 35.5 Å². The van der Waals surface area contributed by atoms with E-state index in [1.807, 2.05) is 18.2 Å². The predicted molar refractivity (Wildman–Crippen MR) is 68.8 cm³/mol. The molecule has 1 aromatic heterocycles. The fourth-order valence-corrected chi connectivity index (χ4v) is 2.55. The van der Waals surface area contributed by atoms with E-state index >= 15 is 0 Å². The van der Waals surface area contributed by atoms with Gasteiger partial charge in [-0.2, -0.15) is 0 Å². The van der Waals surface area contributed by atoms with Gasteiger partial charge >= 0.3 is 0 Å². The first kappa shape index (κ1) is 11.6. The number of hydrogen-bond donors (Lipinski definition) is 2. The number of nitrogens with one attached hydrogen (secondary N) is 2. The molecule has 0 bridgehead atoms. The molecule has 2 heterocycles. The first-order chi connectivity index (χ1) is 9.19. The van der Waals surface area contributed by atoms with Crippen molar-refractivity contribution >= 4 is 29.0 Å². The molecule has 19 heavy (non-hydrogen) atoms. The molecule has 2 aromatic rings. The Morgan fingerprint density at radius 1 is 1.26 bits per heavy atom. The summed E-state index contributed by atoms with van der Waals surface area (Å²) in [5.41, 5.74) is 2.10. The molecule has 0 saturated carbocycles. The van der Waals surface area contributed by atoms with Crippen LogP contribution in [0.5, 0.6) is 0 Å². The van der Waals surface area contributed by atoms with Crippen molar-refractivity contribution in [2.45, 2.75) is 18.8 Å². The molecule has 0 radical (unpaired) electrons. The lowest BCUT2D eigenvalue weighted by Gasteiger charge is -2.21. The standard InChI is InChI=1S/C14H12N2O3/c17-7-9-6-8-2-1-3-10(13(8)15-9)11-4-5-12(18)16-14(11)19/h1-3,6-7,11,15H,4-5H2,(H,16,18,19). The molecule has 1 saturated heterocycles. The van der Waals surface area contributed by atoms with E-state index in [0.717, 1.165) is 22.8 Å². The normalized spacial score (nSPS) is 19.5.